The molecule has 4 nitrogen and oxygen atoms in total. The minimum Gasteiger partial charge on any atom is -0.377 e. The number of nitrogens with one attached hydrogen (secondary N) is 2. The number of benzene rings is 1. The highest BCUT2D eigenvalue weighted by atomic mass is 35.5. The summed E-state index contributed by atoms with van der Waals surface area (Å²) in [5.41, 5.74) is 1.58. The molecule has 0 bridgehead atoms. The first-order valence-electron chi connectivity index (χ1n) is 4.39. The van der Waals surface area contributed by atoms with Crippen molar-refractivity contribution in [1.29, 1.82) is 5.41 Å². The van der Waals surface area contributed by atoms with Gasteiger partial charge in [-0.2, -0.15) is 0 Å². The van der Waals surface area contributed by atoms with Crippen molar-refractivity contribution in [3.8, 4) is 0 Å². The maximum atomic E-state index is 7.50. The Bertz CT molecular complexity index is 466. The number of amidine groups is 1. The van der Waals surface area contributed by atoms with E-state index in [1.807, 2.05) is 24.3 Å². The Balaban J connectivity index is 0.00000112. The molecule has 80 valence electrons. The molecule has 0 radical (unpaired) electrons. The first-order valence-corrected chi connectivity index (χ1v) is 4.39. The monoisotopic (exact) mass is 225 g/mol. The van der Waals surface area contributed by atoms with Crippen molar-refractivity contribution in [1.82, 2.24) is 10.5 Å². The Morgan fingerprint density at radius 2 is 2.20 bits per heavy atom. The summed E-state index contributed by atoms with van der Waals surface area (Å²) >= 11 is 0. The van der Waals surface area contributed by atoms with Gasteiger partial charge in [0.25, 0.3) is 0 Å². The maximum absolute atomic E-state index is 7.50. The van der Waals surface area contributed by atoms with Gasteiger partial charge in [0.1, 0.15) is 0 Å². The second-order valence-electron chi connectivity index (χ2n) is 3.03. The van der Waals surface area contributed by atoms with Crippen LogP contribution in [0, 0.1) is 5.41 Å². The molecule has 0 aliphatic heterocycles. The zero-order valence-electron chi connectivity index (χ0n) is 8.28. The summed E-state index contributed by atoms with van der Waals surface area (Å²) in [5, 5.41) is 15.2. The third kappa shape index (κ3) is 2.27. The Hall–Kier alpha value is -1.55. The summed E-state index contributed by atoms with van der Waals surface area (Å²) in [4.78, 5) is 0. The number of halogens is 1. The zero-order valence-corrected chi connectivity index (χ0v) is 9.10. The van der Waals surface area contributed by atoms with Crippen molar-refractivity contribution < 1.29 is 4.52 Å². The van der Waals surface area contributed by atoms with Gasteiger partial charge in [0.05, 0.1) is 18.0 Å². The maximum Gasteiger partial charge on any atom is 0.167 e. The van der Waals surface area contributed by atoms with Crippen LogP contribution in [0.4, 0.5) is 0 Å². The van der Waals surface area contributed by atoms with E-state index in [9.17, 15) is 0 Å². The van der Waals surface area contributed by atoms with E-state index < -0.39 is 0 Å². The summed E-state index contributed by atoms with van der Waals surface area (Å²) in [6, 6.07) is 7.66. The Morgan fingerprint density at radius 1 is 1.47 bits per heavy atom. The molecule has 5 heteroatoms. The largest absolute Gasteiger partial charge is 0.377 e. The van der Waals surface area contributed by atoms with Crippen LogP contribution in [0.3, 0.4) is 0 Å². The van der Waals surface area contributed by atoms with Crippen LogP contribution in [0.25, 0.3) is 11.0 Å². The molecule has 1 heterocycles. The van der Waals surface area contributed by atoms with E-state index in [2.05, 4.69) is 10.5 Å². The van der Waals surface area contributed by atoms with Gasteiger partial charge in [-0.25, -0.2) is 0 Å². The van der Waals surface area contributed by atoms with Gasteiger partial charge in [0.15, 0.2) is 5.58 Å². The molecular formula is C10H12ClN3O. The van der Waals surface area contributed by atoms with E-state index in [1.54, 1.807) is 7.05 Å². The van der Waals surface area contributed by atoms with E-state index >= 15 is 0 Å². The quantitative estimate of drug-likeness (QED) is 0.607. The van der Waals surface area contributed by atoms with Gasteiger partial charge < -0.3 is 9.84 Å². The summed E-state index contributed by atoms with van der Waals surface area (Å²) in [6.07, 6.45) is 0.480. The standard InChI is InChI=1S/C10H11N3O.ClH/c1-12-10(11)6-8-7-4-2-3-5-9(7)14-13-8;/h2-5H,6H2,1H3,(H2,11,12);1H. The molecule has 0 saturated heterocycles. The predicted molar refractivity (Wildman–Crippen MR) is 61.7 cm³/mol. The van der Waals surface area contributed by atoms with Crippen LogP contribution >= 0.6 is 12.4 Å². The summed E-state index contributed by atoms with van der Waals surface area (Å²) in [6.45, 7) is 0. The lowest BCUT2D eigenvalue weighted by Gasteiger charge is -1.98. The number of nitrogens with zero attached hydrogens (tertiary/aromatic N) is 1. The zero-order chi connectivity index (χ0) is 9.97. The van der Waals surface area contributed by atoms with Crippen molar-refractivity contribution in [2.24, 2.45) is 0 Å². The molecule has 0 spiro atoms. The Kier molecular flexibility index (Phi) is 3.68. The lowest BCUT2D eigenvalue weighted by Crippen LogP contribution is -2.19. The van der Waals surface area contributed by atoms with Gasteiger partial charge in [-0.1, -0.05) is 17.3 Å². The van der Waals surface area contributed by atoms with Crippen LogP contribution < -0.4 is 5.32 Å². The SMILES string of the molecule is CNC(=N)Cc1noc2ccccc12.Cl. The second kappa shape index (κ2) is 4.79. The molecule has 0 saturated carbocycles. The molecule has 0 aliphatic rings. The molecular weight excluding hydrogens is 214 g/mol. The van der Waals surface area contributed by atoms with Crippen molar-refractivity contribution in [3.05, 3.63) is 30.0 Å². The van der Waals surface area contributed by atoms with Crippen LogP contribution in [-0.4, -0.2) is 18.0 Å². The highest BCUT2D eigenvalue weighted by Gasteiger charge is 2.08. The number of hydrogen-bond donors (Lipinski definition) is 2. The van der Waals surface area contributed by atoms with Crippen LogP contribution in [0.1, 0.15) is 5.69 Å². The van der Waals surface area contributed by atoms with Gasteiger partial charge >= 0.3 is 0 Å². The first kappa shape index (κ1) is 11.5. The smallest absolute Gasteiger partial charge is 0.167 e. The average molecular weight is 226 g/mol. The fourth-order valence-corrected chi connectivity index (χ4v) is 1.32. The highest BCUT2D eigenvalue weighted by molar-refractivity contribution is 5.87. The summed E-state index contributed by atoms with van der Waals surface area (Å²) in [5.74, 6) is 0.434. The highest BCUT2D eigenvalue weighted by Crippen LogP contribution is 2.17. The molecule has 0 atom stereocenters. The van der Waals surface area contributed by atoms with E-state index in [0.717, 1.165) is 16.7 Å². The van der Waals surface area contributed by atoms with Gasteiger partial charge in [-0.3, -0.25) is 5.41 Å². The van der Waals surface area contributed by atoms with Crippen LogP contribution in [0.15, 0.2) is 28.8 Å². The first-order chi connectivity index (χ1) is 6.81. The van der Waals surface area contributed by atoms with E-state index in [4.69, 9.17) is 9.93 Å². The van der Waals surface area contributed by atoms with Gasteiger partial charge in [0, 0.05) is 12.4 Å². The van der Waals surface area contributed by atoms with Crippen LogP contribution in [0.2, 0.25) is 0 Å². The van der Waals surface area contributed by atoms with E-state index in [1.165, 1.54) is 0 Å². The summed E-state index contributed by atoms with van der Waals surface area (Å²) < 4.78 is 5.12. The fraction of sp³-hybridized carbons (Fsp3) is 0.200. The molecule has 15 heavy (non-hydrogen) atoms. The minimum absolute atomic E-state index is 0. The number of hydrogen-bond acceptors (Lipinski definition) is 3. The van der Waals surface area contributed by atoms with E-state index in [-0.39, 0.29) is 12.4 Å². The number of fused-ring (bicyclic) bond motifs is 1. The molecule has 0 unspecified atom stereocenters. The third-order valence-electron chi connectivity index (χ3n) is 2.10. The molecule has 2 rings (SSSR count). The van der Waals surface area contributed by atoms with Crippen molar-refractivity contribution in [2.45, 2.75) is 6.42 Å². The third-order valence-corrected chi connectivity index (χ3v) is 2.10. The predicted octanol–water partition coefficient (Wildman–Crippen LogP) is 1.99. The molecule has 0 fully saturated rings. The topological polar surface area (TPSA) is 61.9 Å². The molecule has 1 aromatic carbocycles. The van der Waals surface area contributed by atoms with Crippen LogP contribution in [0.5, 0.6) is 0 Å². The average Bonchev–Trinajstić information content (AvgIpc) is 2.62. The van der Waals surface area contributed by atoms with Crippen molar-refractivity contribution in [3.63, 3.8) is 0 Å². The van der Waals surface area contributed by atoms with Crippen molar-refractivity contribution >= 4 is 29.2 Å². The fourth-order valence-electron chi connectivity index (χ4n) is 1.32. The summed E-state index contributed by atoms with van der Waals surface area (Å²) in [7, 11) is 1.73. The number of para-hydroxylation sites is 1. The van der Waals surface area contributed by atoms with E-state index in [0.29, 0.717) is 12.3 Å². The lowest BCUT2D eigenvalue weighted by molar-refractivity contribution is 0.448. The Labute approximate surface area is 93.6 Å². The normalized spacial score (nSPS) is 9.67. The number of rotatable bonds is 2. The molecule has 2 N–H and O–H groups in total. The minimum atomic E-state index is 0. The van der Waals surface area contributed by atoms with Crippen LogP contribution in [-0.2, 0) is 6.42 Å². The molecule has 0 aliphatic carbocycles. The molecule has 1 aromatic heterocycles. The number of likely N-dealkylation sites (N-methyl/N-ethyl adjacent to an activating group) is 1. The molecule has 0 amide bonds. The van der Waals surface area contributed by atoms with Gasteiger partial charge in [-0.15, -0.1) is 12.4 Å². The second-order valence-corrected chi connectivity index (χ2v) is 3.03. The van der Waals surface area contributed by atoms with Crippen molar-refractivity contribution in [2.75, 3.05) is 7.05 Å². The molecule has 2 aromatic rings. The Morgan fingerprint density at radius 3 is 2.93 bits per heavy atom. The number of aromatic nitrogens is 1. The van der Waals surface area contributed by atoms with Gasteiger partial charge in [-0.05, 0) is 12.1 Å². The van der Waals surface area contributed by atoms with Gasteiger partial charge in [0.2, 0.25) is 0 Å². The lowest BCUT2D eigenvalue weighted by atomic mass is 10.1.